The molecule has 1 N–H and O–H groups in total. The average molecular weight is 261 g/mol. The number of benzene rings is 1. The number of hydrogen-bond acceptors (Lipinski definition) is 2. The molecule has 0 aliphatic carbocycles. The number of rotatable bonds is 5. The number of aryl methyl sites for hydroxylation is 2. The van der Waals surface area contributed by atoms with Crippen molar-refractivity contribution in [3.05, 3.63) is 53.1 Å². The fraction of sp³-hybridized carbons (Fsp3) is 0.400. The van der Waals surface area contributed by atoms with Gasteiger partial charge in [0.1, 0.15) is 5.82 Å². The summed E-state index contributed by atoms with van der Waals surface area (Å²) in [7, 11) is 1.92. The first-order valence-electron chi connectivity index (χ1n) is 6.59. The average Bonchev–Trinajstić information content (AvgIpc) is 2.68. The molecular weight excluding hydrogens is 241 g/mol. The van der Waals surface area contributed by atoms with E-state index in [1.165, 1.54) is 6.07 Å². The maximum absolute atomic E-state index is 13.9. The van der Waals surface area contributed by atoms with Crippen molar-refractivity contribution >= 4 is 0 Å². The Morgan fingerprint density at radius 2 is 2.11 bits per heavy atom. The molecule has 19 heavy (non-hydrogen) atoms. The van der Waals surface area contributed by atoms with Gasteiger partial charge in [0, 0.05) is 30.8 Å². The standard InChI is InChI=1S/C15H20FN3/c1-4-17-15(13-7-5-6-8-14(13)16)10-12-9-11(2)18-19(12)3/h5-9,15,17H,4,10H2,1-3H3. The van der Waals surface area contributed by atoms with Crippen LogP contribution in [0.1, 0.15) is 29.9 Å². The van der Waals surface area contributed by atoms with Crippen molar-refractivity contribution in [3.63, 3.8) is 0 Å². The number of halogens is 1. The maximum atomic E-state index is 13.9. The highest BCUT2D eigenvalue weighted by Gasteiger charge is 2.16. The summed E-state index contributed by atoms with van der Waals surface area (Å²) in [5, 5.41) is 7.68. The number of nitrogens with zero attached hydrogens (tertiary/aromatic N) is 2. The number of hydrogen-bond donors (Lipinski definition) is 1. The van der Waals surface area contributed by atoms with Crippen molar-refractivity contribution in [1.29, 1.82) is 0 Å². The molecule has 1 aromatic carbocycles. The predicted molar refractivity (Wildman–Crippen MR) is 74.5 cm³/mol. The van der Waals surface area contributed by atoms with Crippen molar-refractivity contribution in [3.8, 4) is 0 Å². The summed E-state index contributed by atoms with van der Waals surface area (Å²) in [6.07, 6.45) is 0.728. The Morgan fingerprint density at radius 3 is 2.68 bits per heavy atom. The van der Waals surface area contributed by atoms with Gasteiger partial charge < -0.3 is 5.32 Å². The zero-order valence-corrected chi connectivity index (χ0v) is 11.7. The summed E-state index contributed by atoms with van der Waals surface area (Å²) in [5.41, 5.74) is 2.80. The van der Waals surface area contributed by atoms with Gasteiger partial charge >= 0.3 is 0 Å². The minimum atomic E-state index is -0.160. The van der Waals surface area contributed by atoms with Gasteiger partial charge in [0.2, 0.25) is 0 Å². The van der Waals surface area contributed by atoms with Crippen LogP contribution in [0.4, 0.5) is 4.39 Å². The fourth-order valence-corrected chi connectivity index (χ4v) is 2.36. The van der Waals surface area contributed by atoms with Gasteiger partial charge in [-0.2, -0.15) is 5.10 Å². The van der Waals surface area contributed by atoms with E-state index in [0.29, 0.717) is 5.56 Å². The van der Waals surface area contributed by atoms with Crippen LogP contribution in [-0.4, -0.2) is 16.3 Å². The lowest BCUT2D eigenvalue weighted by Crippen LogP contribution is -2.24. The number of aromatic nitrogens is 2. The molecule has 1 aromatic heterocycles. The molecule has 0 saturated heterocycles. The third-order valence-corrected chi connectivity index (χ3v) is 3.24. The Bertz CT molecular complexity index is 548. The van der Waals surface area contributed by atoms with Gasteiger partial charge in [-0.05, 0) is 25.6 Å². The molecule has 0 spiro atoms. The zero-order chi connectivity index (χ0) is 13.8. The lowest BCUT2D eigenvalue weighted by molar-refractivity contribution is 0.497. The molecule has 0 bridgehead atoms. The second-order valence-electron chi connectivity index (χ2n) is 4.74. The normalized spacial score (nSPS) is 12.6. The third-order valence-electron chi connectivity index (χ3n) is 3.24. The largest absolute Gasteiger partial charge is 0.310 e. The van der Waals surface area contributed by atoms with Gasteiger partial charge in [-0.15, -0.1) is 0 Å². The monoisotopic (exact) mass is 261 g/mol. The van der Waals surface area contributed by atoms with Crippen molar-refractivity contribution in [2.24, 2.45) is 7.05 Å². The van der Waals surface area contributed by atoms with Crippen LogP contribution >= 0.6 is 0 Å². The molecule has 2 aromatic rings. The highest BCUT2D eigenvalue weighted by atomic mass is 19.1. The minimum Gasteiger partial charge on any atom is -0.310 e. The molecule has 4 heteroatoms. The van der Waals surface area contributed by atoms with Crippen molar-refractivity contribution in [2.75, 3.05) is 6.54 Å². The summed E-state index contributed by atoms with van der Waals surface area (Å²) < 4.78 is 15.8. The molecule has 0 saturated carbocycles. The van der Waals surface area contributed by atoms with E-state index in [9.17, 15) is 4.39 Å². The van der Waals surface area contributed by atoms with Crippen LogP contribution < -0.4 is 5.32 Å². The molecule has 0 fully saturated rings. The Kier molecular flexibility index (Phi) is 4.32. The summed E-state index contributed by atoms with van der Waals surface area (Å²) in [4.78, 5) is 0. The van der Waals surface area contributed by atoms with Gasteiger partial charge in [-0.3, -0.25) is 4.68 Å². The van der Waals surface area contributed by atoms with Crippen LogP contribution in [0, 0.1) is 12.7 Å². The molecule has 0 aliphatic heterocycles. The van der Waals surface area contributed by atoms with Crippen molar-refractivity contribution in [1.82, 2.24) is 15.1 Å². The summed E-state index contributed by atoms with van der Waals surface area (Å²) in [6, 6.07) is 8.96. The van der Waals surface area contributed by atoms with E-state index in [2.05, 4.69) is 10.4 Å². The zero-order valence-electron chi connectivity index (χ0n) is 11.7. The number of nitrogens with one attached hydrogen (secondary N) is 1. The predicted octanol–water partition coefficient (Wildman–Crippen LogP) is 2.76. The van der Waals surface area contributed by atoms with Crippen LogP contribution in [-0.2, 0) is 13.5 Å². The van der Waals surface area contributed by atoms with Gasteiger partial charge in [0.25, 0.3) is 0 Å². The van der Waals surface area contributed by atoms with Crippen LogP contribution in [0.5, 0.6) is 0 Å². The Morgan fingerprint density at radius 1 is 1.37 bits per heavy atom. The van der Waals surface area contributed by atoms with Gasteiger partial charge in [0.05, 0.1) is 5.69 Å². The molecule has 1 atom stereocenters. The molecule has 3 nitrogen and oxygen atoms in total. The second-order valence-corrected chi connectivity index (χ2v) is 4.74. The quantitative estimate of drug-likeness (QED) is 0.897. The molecule has 0 aliphatic rings. The first-order chi connectivity index (χ1) is 9.11. The summed E-state index contributed by atoms with van der Waals surface area (Å²) in [5.74, 6) is -0.160. The van der Waals surface area contributed by atoms with Crippen LogP contribution in [0.25, 0.3) is 0 Å². The maximum Gasteiger partial charge on any atom is 0.127 e. The third kappa shape index (κ3) is 3.20. The molecule has 1 unspecified atom stereocenters. The van der Waals surface area contributed by atoms with E-state index in [1.807, 2.05) is 43.8 Å². The molecule has 0 radical (unpaired) electrons. The van der Waals surface area contributed by atoms with Crippen LogP contribution in [0.3, 0.4) is 0 Å². The molecule has 1 heterocycles. The van der Waals surface area contributed by atoms with Gasteiger partial charge in [-0.1, -0.05) is 25.1 Å². The van der Waals surface area contributed by atoms with E-state index in [0.717, 1.165) is 24.4 Å². The first kappa shape index (κ1) is 13.7. The van der Waals surface area contributed by atoms with E-state index in [4.69, 9.17) is 0 Å². The van der Waals surface area contributed by atoms with Gasteiger partial charge in [-0.25, -0.2) is 4.39 Å². The Balaban J connectivity index is 2.26. The van der Waals surface area contributed by atoms with E-state index in [-0.39, 0.29) is 11.9 Å². The number of likely N-dealkylation sites (N-methyl/N-ethyl adjacent to an activating group) is 1. The molecule has 0 amide bonds. The molecule has 102 valence electrons. The Hall–Kier alpha value is -1.68. The highest BCUT2D eigenvalue weighted by molar-refractivity contribution is 5.23. The second kappa shape index (κ2) is 5.97. The Labute approximate surface area is 113 Å². The smallest absolute Gasteiger partial charge is 0.127 e. The fourth-order valence-electron chi connectivity index (χ4n) is 2.36. The molecular formula is C15H20FN3. The van der Waals surface area contributed by atoms with Crippen molar-refractivity contribution in [2.45, 2.75) is 26.3 Å². The van der Waals surface area contributed by atoms with Crippen molar-refractivity contribution < 1.29 is 4.39 Å². The topological polar surface area (TPSA) is 29.9 Å². The van der Waals surface area contributed by atoms with Gasteiger partial charge in [0.15, 0.2) is 0 Å². The minimum absolute atomic E-state index is 0.0269. The first-order valence-corrected chi connectivity index (χ1v) is 6.59. The van der Waals surface area contributed by atoms with Crippen LogP contribution in [0.15, 0.2) is 30.3 Å². The van der Waals surface area contributed by atoms with Crippen LogP contribution in [0.2, 0.25) is 0 Å². The van der Waals surface area contributed by atoms with E-state index >= 15 is 0 Å². The highest BCUT2D eigenvalue weighted by Crippen LogP contribution is 2.21. The SMILES string of the molecule is CCNC(Cc1cc(C)nn1C)c1ccccc1F. The summed E-state index contributed by atoms with van der Waals surface area (Å²) in [6.45, 7) is 4.80. The van der Waals surface area contributed by atoms with E-state index in [1.54, 1.807) is 6.07 Å². The van der Waals surface area contributed by atoms with E-state index < -0.39 is 0 Å². The lowest BCUT2D eigenvalue weighted by atomic mass is 10.0. The summed E-state index contributed by atoms with van der Waals surface area (Å²) >= 11 is 0. The molecule has 2 rings (SSSR count). The lowest BCUT2D eigenvalue weighted by Gasteiger charge is -2.19.